The molecule has 0 bridgehead atoms. The molecule has 18 heavy (non-hydrogen) atoms. The lowest BCUT2D eigenvalue weighted by atomic mass is 9.80. The van der Waals surface area contributed by atoms with Crippen LogP contribution in [-0.2, 0) is 33.4 Å². The zero-order valence-corrected chi connectivity index (χ0v) is 10.1. The summed E-state index contributed by atoms with van der Waals surface area (Å²) in [7, 11) is 1.01. The van der Waals surface area contributed by atoms with Crippen LogP contribution in [0.4, 0.5) is 0 Å². The zero-order valence-electron chi connectivity index (χ0n) is 10.1. The van der Waals surface area contributed by atoms with E-state index in [1.165, 1.54) is 0 Å². The van der Waals surface area contributed by atoms with Gasteiger partial charge in [-0.3, -0.25) is 14.4 Å². The maximum atomic E-state index is 11.7. The van der Waals surface area contributed by atoms with Crippen LogP contribution in [0.5, 0.6) is 0 Å². The summed E-state index contributed by atoms with van der Waals surface area (Å²) in [5, 5.41) is 0. The smallest absolute Gasteiger partial charge is 0.376 e. The highest BCUT2D eigenvalue weighted by molar-refractivity contribution is 6.42. The summed E-state index contributed by atoms with van der Waals surface area (Å²) >= 11 is 0. The first kappa shape index (κ1) is 14.0. The monoisotopic (exact) mass is 256 g/mol. The number of ketones is 3. The molecule has 1 rings (SSSR count). The van der Waals surface area contributed by atoms with Crippen molar-refractivity contribution in [3.05, 3.63) is 0 Å². The van der Waals surface area contributed by atoms with Gasteiger partial charge in [0.15, 0.2) is 0 Å². The van der Waals surface area contributed by atoms with Crippen molar-refractivity contribution in [1.29, 1.82) is 0 Å². The maximum absolute atomic E-state index is 11.7. The van der Waals surface area contributed by atoms with Crippen molar-refractivity contribution in [3.63, 3.8) is 0 Å². The third-order valence-corrected chi connectivity index (χ3v) is 2.65. The van der Waals surface area contributed by atoms with Crippen LogP contribution in [0.25, 0.3) is 0 Å². The highest BCUT2D eigenvalue weighted by atomic mass is 16.6. The number of Topliss-reactive ketones (excluding diaryl/α,β-unsaturated/α-hetero) is 3. The van der Waals surface area contributed by atoms with Gasteiger partial charge < -0.3 is 9.47 Å². The molecule has 0 amide bonds. The van der Waals surface area contributed by atoms with Crippen LogP contribution in [-0.4, -0.2) is 42.0 Å². The van der Waals surface area contributed by atoms with Gasteiger partial charge in [0.25, 0.3) is 5.78 Å². The minimum atomic E-state index is -2.15. The summed E-state index contributed by atoms with van der Waals surface area (Å²) in [5.41, 5.74) is -2.15. The molecule has 1 aliphatic heterocycles. The third-order valence-electron chi connectivity index (χ3n) is 2.65. The van der Waals surface area contributed by atoms with Crippen LogP contribution in [0.1, 0.15) is 20.3 Å². The number of hydrogen-bond acceptors (Lipinski definition) is 7. The Hall–Kier alpha value is -2.05. The molecule has 0 saturated carbocycles. The molecule has 1 fully saturated rings. The fourth-order valence-electron chi connectivity index (χ4n) is 2.03. The number of esters is 2. The van der Waals surface area contributed by atoms with Crippen LogP contribution in [0, 0.1) is 5.92 Å². The Bertz CT molecular complexity index is 450. The highest BCUT2D eigenvalue weighted by Gasteiger charge is 2.63. The van der Waals surface area contributed by atoms with Gasteiger partial charge in [-0.2, -0.15) is 0 Å². The Morgan fingerprint density at radius 1 is 1.28 bits per heavy atom. The lowest BCUT2D eigenvalue weighted by Gasteiger charge is -2.26. The number of cyclic esters (lactones) is 1. The van der Waals surface area contributed by atoms with E-state index in [2.05, 4.69) is 4.74 Å². The molecule has 7 heteroatoms. The van der Waals surface area contributed by atoms with Crippen molar-refractivity contribution in [2.75, 3.05) is 7.11 Å². The molecule has 1 heterocycles. The van der Waals surface area contributed by atoms with E-state index in [0.29, 0.717) is 0 Å². The first-order valence-corrected chi connectivity index (χ1v) is 5.11. The van der Waals surface area contributed by atoms with E-state index in [0.717, 1.165) is 21.0 Å². The molecule has 0 aromatic rings. The minimum absolute atomic E-state index is 0.505. The number of carbonyl (C=O) groups is 5. The van der Waals surface area contributed by atoms with Gasteiger partial charge in [-0.25, -0.2) is 9.59 Å². The molecule has 2 atom stereocenters. The lowest BCUT2D eigenvalue weighted by Crippen LogP contribution is -2.50. The average molecular weight is 256 g/mol. The number of carbonyl (C=O) groups excluding carboxylic acids is 5. The summed E-state index contributed by atoms with van der Waals surface area (Å²) in [6.45, 7) is 2.20. The predicted molar refractivity (Wildman–Crippen MR) is 55.3 cm³/mol. The Balaban J connectivity index is 3.35. The molecule has 0 N–H and O–H groups in total. The molecular weight excluding hydrogens is 244 g/mol. The van der Waals surface area contributed by atoms with Gasteiger partial charge in [-0.15, -0.1) is 0 Å². The van der Waals surface area contributed by atoms with E-state index in [4.69, 9.17) is 4.74 Å². The molecule has 0 aromatic heterocycles. The Kier molecular flexibility index (Phi) is 3.64. The second-order valence-electron chi connectivity index (χ2n) is 4.06. The Morgan fingerprint density at radius 2 is 1.83 bits per heavy atom. The fourth-order valence-corrected chi connectivity index (χ4v) is 2.03. The molecule has 0 aliphatic carbocycles. The third kappa shape index (κ3) is 2.03. The van der Waals surface area contributed by atoms with Crippen molar-refractivity contribution >= 4 is 29.3 Å². The molecule has 7 nitrogen and oxygen atoms in total. The first-order valence-electron chi connectivity index (χ1n) is 5.11. The van der Waals surface area contributed by atoms with E-state index in [9.17, 15) is 24.0 Å². The maximum Gasteiger partial charge on any atom is 0.376 e. The van der Waals surface area contributed by atoms with Gasteiger partial charge in [0, 0.05) is 0 Å². The van der Waals surface area contributed by atoms with Gasteiger partial charge >= 0.3 is 11.9 Å². The molecule has 98 valence electrons. The summed E-state index contributed by atoms with van der Waals surface area (Å²) in [6.07, 6.45) is -0.568. The summed E-state index contributed by atoms with van der Waals surface area (Å²) in [6, 6.07) is 0. The number of ether oxygens (including phenoxy) is 2. The van der Waals surface area contributed by atoms with Crippen molar-refractivity contribution in [2.24, 2.45) is 5.92 Å². The fraction of sp³-hybridized carbons (Fsp3) is 0.545. The largest absolute Gasteiger partial charge is 0.466 e. The summed E-state index contributed by atoms with van der Waals surface area (Å²) in [5.74, 6) is -6.37. The molecule has 1 aliphatic rings. The molecule has 0 spiro atoms. The number of methoxy groups -OCH3 is 1. The SMILES string of the molecule is COC(=O)C1(CC(C)=O)OC(=O)C(=O)C1C(C)=O. The van der Waals surface area contributed by atoms with Crippen molar-refractivity contribution in [3.8, 4) is 0 Å². The van der Waals surface area contributed by atoms with Gasteiger partial charge in [0.1, 0.15) is 17.5 Å². The first-order chi connectivity index (χ1) is 8.26. The van der Waals surface area contributed by atoms with E-state index >= 15 is 0 Å². The zero-order chi connectivity index (χ0) is 14.1. The van der Waals surface area contributed by atoms with E-state index in [1.807, 2.05) is 0 Å². The summed E-state index contributed by atoms with van der Waals surface area (Å²) < 4.78 is 9.14. The lowest BCUT2D eigenvalue weighted by molar-refractivity contribution is -0.177. The van der Waals surface area contributed by atoms with Gasteiger partial charge in [-0.1, -0.05) is 0 Å². The van der Waals surface area contributed by atoms with Crippen LogP contribution in [0.15, 0.2) is 0 Å². The predicted octanol–water partition coefficient (Wildman–Crippen LogP) is -0.792. The van der Waals surface area contributed by atoms with Crippen LogP contribution in [0.2, 0.25) is 0 Å². The van der Waals surface area contributed by atoms with Crippen molar-refractivity contribution in [1.82, 2.24) is 0 Å². The molecule has 1 saturated heterocycles. The second kappa shape index (κ2) is 4.67. The van der Waals surface area contributed by atoms with E-state index < -0.39 is 47.2 Å². The number of rotatable bonds is 4. The van der Waals surface area contributed by atoms with E-state index in [-0.39, 0.29) is 0 Å². The quantitative estimate of drug-likeness (QED) is 0.368. The van der Waals surface area contributed by atoms with Gasteiger partial charge in [0.05, 0.1) is 13.5 Å². The molecule has 0 radical (unpaired) electrons. The number of hydrogen-bond donors (Lipinski definition) is 0. The van der Waals surface area contributed by atoms with Crippen LogP contribution < -0.4 is 0 Å². The molecule has 2 unspecified atom stereocenters. The van der Waals surface area contributed by atoms with E-state index in [1.54, 1.807) is 0 Å². The highest BCUT2D eigenvalue weighted by Crippen LogP contribution is 2.36. The van der Waals surface area contributed by atoms with Crippen molar-refractivity contribution in [2.45, 2.75) is 25.9 Å². The summed E-state index contributed by atoms with van der Waals surface area (Å²) in [4.78, 5) is 57.2. The average Bonchev–Trinajstić information content (AvgIpc) is 2.49. The molecule has 0 aromatic carbocycles. The van der Waals surface area contributed by atoms with Crippen molar-refractivity contribution < 1.29 is 33.4 Å². The standard InChI is InChI=1S/C11H12O7/c1-5(12)4-11(10(16)17-3)7(6(2)13)8(14)9(15)18-11/h7H,4H2,1-3H3. The minimum Gasteiger partial charge on any atom is -0.466 e. The Morgan fingerprint density at radius 3 is 2.22 bits per heavy atom. The van der Waals surface area contributed by atoms with Gasteiger partial charge in [0.2, 0.25) is 5.60 Å². The molecular formula is C11H12O7. The van der Waals surface area contributed by atoms with Crippen LogP contribution in [0.3, 0.4) is 0 Å². The normalized spacial score (nSPS) is 26.7. The topological polar surface area (TPSA) is 104 Å². The van der Waals surface area contributed by atoms with Crippen LogP contribution >= 0.6 is 0 Å². The Labute approximate surface area is 102 Å². The second-order valence-corrected chi connectivity index (χ2v) is 4.06. The van der Waals surface area contributed by atoms with Gasteiger partial charge in [-0.05, 0) is 13.8 Å².